The number of halogens is 6. The van der Waals surface area contributed by atoms with Crippen molar-refractivity contribution in [1.29, 1.82) is 0 Å². The predicted octanol–water partition coefficient (Wildman–Crippen LogP) is 4.00. The zero-order valence-corrected chi connectivity index (χ0v) is 19.1. The number of morpholine rings is 1. The van der Waals surface area contributed by atoms with Crippen LogP contribution in [0.3, 0.4) is 0 Å². The van der Waals surface area contributed by atoms with Crippen LogP contribution in [0.4, 0.5) is 26.3 Å². The van der Waals surface area contributed by atoms with Gasteiger partial charge in [0.2, 0.25) is 5.88 Å². The van der Waals surface area contributed by atoms with Crippen LogP contribution < -0.4 is 4.74 Å². The fourth-order valence-electron chi connectivity index (χ4n) is 3.70. The number of rotatable bonds is 5. The van der Waals surface area contributed by atoms with Crippen LogP contribution in [0.2, 0.25) is 0 Å². The number of carboxylic acid groups (broad SMARTS) is 2. The van der Waals surface area contributed by atoms with Gasteiger partial charge in [-0.2, -0.15) is 26.3 Å². The summed E-state index contributed by atoms with van der Waals surface area (Å²) in [5.74, 6) is -3.27. The molecule has 3 heterocycles. The van der Waals surface area contributed by atoms with E-state index in [4.69, 9.17) is 33.7 Å². The monoisotopic (exact) mass is 542 g/mol. The zero-order chi connectivity index (χ0) is 27.6. The highest BCUT2D eigenvalue weighted by molar-refractivity contribution is 5.73. The van der Waals surface area contributed by atoms with E-state index in [1.807, 2.05) is 30.3 Å². The van der Waals surface area contributed by atoms with Crippen molar-refractivity contribution < 1.29 is 60.0 Å². The van der Waals surface area contributed by atoms with E-state index in [0.29, 0.717) is 30.6 Å². The molecule has 9 nitrogen and oxygen atoms in total. The minimum Gasteiger partial charge on any atom is -0.477 e. The molecule has 0 radical (unpaired) electrons. The number of fused-ring (bicyclic) bond motifs is 1. The van der Waals surface area contributed by atoms with Gasteiger partial charge in [-0.15, -0.1) is 0 Å². The number of hydrogen-bond acceptors (Lipinski definition) is 7. The molecule has 4 rings (SSSR count). The number of carbonyl (C=O) groups is 2. The zero-order valence-electron chi connectivity index (χ0n) is 19.1. The van der Waals surface area contributed by atoms with E-state index in [1.54, 1.807) is 12.5 Å². The van der Waals surface area contributed by atoms with Crippen molar-refractivity contribution in [3.05, 3.63) is 48.6 Å². The molecule has 15 heteroatoms. The third-order valence-electron chi connectivity index (χ3n) is 5.28. The summed E-state index contributed by atoms with van der Waals surface area (Å²) in [4.78, 5) is 24.5. The predicted molar refractivity (Wildman–Crippen MR) is 112 cm³/mol. The fraction of sp³-hybridized carbons (Fsp3) is 0.500. The quantitative estimate of drug-likeness (QED) is 0.540. The van der Waals surface area contributed by atoms with Gasteiger partial charge in [0, 0.05) is 24.8 Å². The van der Waals surface area contributed by atoms with Crippen LogP contribution in [-0.2, 0) is 20.9 Å². The van der Waals surface area contributed by atoms with Crippen molar-refractivity contribution in [1.82, 2.24) is 9.88 Å². The van der Waals surface area contributed by atoms with Crippen molar-refractivity contribution >= 4 is 11.9 Å². The van der Waals surface area contributed by atoms with Gasteiger partial charge in [0.1, 0.15) is 5.76 Å². The van der Waals surface area contributed by atoms with Crippen LogP contribution >= 0.6 is 0 Å². The van der Waals surface area contributed by atoms with Gasteiger partial charge < -0.3 is 24.1 Å². The molecule has 1 saturated heterocycles. The summed E-state index contributed by atoms with van der Waals surface area (Å²) in [5.41, 5.74) is 0. The highest BCUT2D eigenvalue weighted by atomic mass is 19.4. The number of alkyl halides is 6. The Morgan fingerprint density at radius 2 is 1.68 bits per heavy atom. The Kier molecular flexibility index (Phi) is 10.7. The third-order valence-corrected chi connectivity index (χ3v) is 5.28. The number of furan rings is 1. The Bertz CT molecular complexity index is 946. The maximum absolute atomic E-state index is 10.6. The Morgan fingerprint density at radius 3 is 2.19 bits per heavy atom. The molecule has 2 aromatic rings. The SMILES string of the molecule is O=C(O)C(F)(F)F.O=C(O)C(F)(F)F.c1ccc(OCC2CC3OCCN(Cc4ccco4)C3C2)nc1. The first-order valence-electron chi connectivity index (χ1n) is 10.8. The third kappa shape index (κ3) is 10.3. The standard InChI is InChI=1S/C18H22N2O3.2C2HF3O2/c1-2-6-19-18(5-1)23-13-14-10-16-17(11-14)22-9-7-20(16)12-15-4-3-8-21-15;2*3-2(4,5)1(6)7/h1-6,8,14,16-17H,7,9-13H2;2*(H,6,7). The van der Waals surface area contributed by atoms with E-state index in [1.165, 1.54) is 0 Å². The molecule has 2 fully saturated rings. The first-order valence-corrected chi connectivity index (χ1v) is 10.8. The molecule has 0 aromatic carbocycles. The highest BCUT2D eigenvalue weighted by Gasteiger charge is 2.41. The number of ether oxygens (including phenoxy) is 2. The van der Waals surface area contributed by atoms with E-state index in [-0.39, 0.29) is 0 Å². The number of pyridine rings is 1. The molecule has 37 heavy (non-hydrogen) atoms. The summed E-state index contributed by atoms with van der Waals surface area (Å²) in [6, 6.07) is 10.2. The lowest BCUT2D eigenvalue weighted by Crippen LogP contribution is -2.47. The number of nitrogens with zero attached hydrogens (tertiary/aromatic N) is 2. The fourth-order valence-corrected chi connectivity index (χ4v) is 3.70. The van der Waals surface area contributed by atoms with Gasteiger partial charge in [-0.05, 0) is 37.0 Å². The van der Waals surface area contributed by atoms with Crippen molar-refractivity contribution in [2.45, 2.75) is 43.9 Å². The van der Waals surface area contributed by atoms with Crippen LogP contribution in [0.15, 0.2) is 47.2 Å². The normalized spacial score (nSPS) is 21.5. The lowest BCUT2D eigenvalue weighted by Gasteiger charge is -2.37. The minimum absolute atomic E-state index is 0.316. The van der Waals surface area contributed by atoms with E-state index >= 15 is 0 Å². The molecule has 206 valence electrons. The Labute approximate surface area is 206 Å². The van der Waals surface area contributed by atoms with E-state index in [2.05, 4.69) is 9.88 Å². The smallest absolute Gasteiger partial charge is 0.477 e. The van der Waals surface area contributed by atoms with Crippen LogP contribution in [0, 0.1) is 5.92 Å². The largest absolute Gasteiger partial charge is 0.490 e. The van der Waals surface area contributed by atoms with Crippen molar-refractivity contribution in [2.24, 2.45) is 5.92 Å². The molecule has 2 aliphatic rings. The molecule has 0 amide bonds. The van der Waals surface area contributed by atoms with Gasteiger partial charge in [0.25, 0.3) is 0 Å². The lowest BCUT2D eigenvalue weighted by atomic mass is 10.1. The Hall–Kier alpha value is -3.33. The highest BCUT2D eigenvalue weighted by Crippen LogP contribution is 2.35. The molecular formula is C22H24F6N2O7. The molecule has 1 aliphatic heterocycles. The maximum atomic E-state index is 10.6. The molecule has 1 saturated carbocycles. The van der Waals surface area contributed by atoms with Crippen molar-refractivity contribution in [3.8, 4) is 5.88 Å². The van der Waals surface area contributed by atoms with Crippen LogP contribution in [0.5, 0.6) is 5.88 Å². The van der Waals surface area contributed by atoms with Gasteiger partial charge in [-0.1, -0.05) is 6.07 Å². The molecule has 3 unspecified atom stereocenters. The lowest BCUT2D eigenvalue weighted by molar-refractivity contribution is -0.193. The Balaban J connectivity index is 0.000000286. The van der Waals surface area contributed by atoms with E-state index in [0.717, 1.165) is 38.3 Å². The summed E-state index contributed by atoms with van der Waals surface area (Å²) < 4.78 is 80.8. The van der Waals surface area contributed by atoms with Crippen molar-refractivity contribution in [3.63, 3.8) is 0 Å². The first kappa shape index (κ1) is 29.9. The topological polar surface area (TPSA) is 122 Å². The molecular weight excluding hydrogens is 518 g/mol. The van der Waals surface area contributed by atoms with Gasteiger partial charge in [-0.25, -0.2) is 14.6 Å². The maximum Gasteiger partial charge on any atom is 0.490 e. The number of hydrogen-bond donors (Lipinski definition) is 2. The summed E-state index contributed by atoms with van der Waals surface area (Å²) >= 11 is 0. The first-order chi connectivity index (χ1) is 17.3. The summed E-state index contributed by atoms with van der Waals surface area (Å²) in [6.45, 7) is 3.35. The summed E-state index contributed by atoms with van der Waals surface area (Å²) in [7, 11) is 0. The van der Waals surface area contributed by atoms with Crippen LogP contribution in [0.1, 0.15) is 18.6 Å². The van der Waals surface area contributed by atoms with Crippen molar-refractivity contribution in [2.75, 3.05) is 19.8 Å². The van der Waals surface area contributed by atoms with Gasteiger partial charge >= 0.3 is 24.3 Å². The van der Waals surface area contributed by atoms with Crippen LogP contribution in [0.25, 0.3) is 0 Å². The average Bonchev–Trinajstić information content (AvgIpc) is 3.48. The number of aromatic nitrogens is 1. The second kappa shape index (κ2) is 13.3. The molecule has 1 aliphatic carbocycles. The average molecular weight is 542 g/mol. The van der Waals surface area contributed by atoms with Gasteiger partial charge in [0.05, 0.1) is 32.1 Å². The second-order valence-corrected chi connectivity index (χ2v) is 7.95. The van der Waals surface area contributed by atoms with Gasteiger partial charge in [0.15, 0.2) is 0 Å². The summed E-state index contributed by atoms with van der Waals surface area (Å²) in [5, 5.41) is 14.2. The molecule has 2 N–H and O–H groups in total. The molecule has 0 spiro atoms. The minimum atomic E-state index is -5.08. The molecule has 2 aromatic heterocycles. The van der Waals surface area contributed by atoms with Crippen LogP contribution in [-0.4, -0.2) is 76.3 Å². The van der Waals surface area contributed by atoms with E-state index in [9.17, 15) is 26.3 Å². The number of aliphatic carboxylic acids is 2. The molecule has 3 atom stereocenters. The van der Waals surface area contributed by atoms with Gasteiger partial charge in [-0.3, -0.25) is 4.90 Å². The summed E-state index contributed by atoms with van der Waals surface area (Å²) in [6.07, 6.45) is -4.18. The Morgan fingerprint density at radius 1 is 1.03 bits per heavy atom. The second-order valence-electron chi connectivity index (χ2n) is 7.95. The number of carboxylic acids is 2. The van der Waals surface area contributed by atoms with E-state index < -0.39 is 24.3 Å². The molecule has 0 bridgehead atoms.